The van der Waals surface area contributed by atoms with Gasteiger partial charge in [0.1, 0.15) is 18.2 Å². The lowest BCUT2D eigenvalue weighted by Gasteiger charge is -2.49. The van der Waals surface area contributed by atoms with E-state index in [1.54, 1.807) is 12.1 Å². The second-order valence-electron chi connectivity index (χ2n) is 9.00. The topological polar surface area (TPSA) is 49.8 Å². The zero-order valence-electron chi connectivity index (χ0n) is 16.1. The third-order valence-corrected chi connectivity index (χ3v) is 7.06. The lowest BCUT2D eigenvalue weighted by molar-refractivity contribution is -0.145. The Hall–Kier alpha value is -2.11. The van der Waals surface area contributed by atoms with Crippen LogP contribution in [0.1, 0.15) is 29.5 Å². The van der Waals surface area contributed by atoms with E-state index in [2.05, 4.69) is 17.0 Å². The Labute approximate surface area is 174 Å². The number of ether oxygens (including phenoxy) is 1. The fourth-order valence-electron chi connectivity index (χ4n) is 4.98. The van der Waals surface area contributed by atoms with Crippen molar-refractivity contribution in [3.63, 3.8) is 0 Å². The maximum Gasteiger partial charge on any atom is 0.310 e. The van der Waals surface area contributed by atoms with Crippen molar-refractivity contribution < 1.29 is 19.0 Å². The van der Waals surface area contributed by atoms with Gasteiger partial charge in [-0.1, -0.05) is 23.7 Å². The SMILES string of the molecule is O=C(O)C1(CN2CC3(Cc4ccc(OCc5c(F)cccc5Cl)cc4C3)C2)CC1. The van der Waals surface area contributed by atoms with Gasteiger partial charge in [0.25, 0.3) is 0 Å². The number of aliphatic carboxylic acids is 1. The average molecular weight is 416 g/mol. The average Bonchev–Trinajstić information content (AvgIpc) is 3.33. The van der Waals surface area contributed by atoms with Crippen LogP contribution in [-0.2, 0) is 24.2 Å². The third kappa shape index (κ3) is 3.40. The Morgan fingerprint density at radius 1 is 1.17 bits per heavy atom. The number of rotatable bonds is 6. The summed E-state index contributed by atoms with van der Waals surface area (Å²) in [7, 11) is 0. The van der Waals surface area contributed by atoms with E-state index in [-0.39, 0.29) is 17.8 Å². The number of carboxylic acids is 1. The minimum atomic E-state index is -0.648. The lowest BCUT2D eigenvalue weighted by Crippen LogP contribution is -2.58. The van der Waals surface area contributed by atoms with Gasteiger partial charge < -0.3 is 14.7 Å². The third-order valence-electron chi connectivity index (χ3n) is 6.71. The molecule has 2 aromatic rings. The molecule has 4 nitrogen and oxygen atoms in total. The van der Waals surface area contributed by atoms with E-state index in [4.69, 9.17) is 16.3 Å². The molecule has 2 aromatic carbocycles. The molecule has 1 spiro atoms. The molecule has 6 heteroatoms. The van der Waals surface area contributed by atoms with Crippen molar-refractivity contribution in [1.29, 1.82) is 0 Å². The van der Waals surface area contributed by atoms with E-state index in [0.29, 0.717) is 17.1 Å². The molecule has 0 aromatic heterocycles. The summed E-state index contributed by atoms with van der Waals surface area (Å²) < 4.78 is 19.8. The smallest absolute Gasteiger partial charge is 0.310 e. The minimum Gasteiger partial charge on any atom is -0.489 e. The van der Waals surface area contributed by atoms with Gasteiger partial charge in [-0.3, -0.25) is 4.79 Å². The molecule has 1 aliphatic heterocycles. The molecule has 29 heavy (non-hydrogen) atoms. The fourth-order valence-corrected chi connectivity index (χ4v) is 5.20. The van der Waals surface area contributed by atoms with Gasteiger partial charge in [-0.25, -0.2) is 4.39 Å². The molecule has 1 saturated carbocycles. The van der Waals surface area contributed by atoms with Crippen LogP contribution >= 0.6 is 11.6 Å². The fraction of sp³-hybridized carbons (Fsp3) is 0.435. The van der Waals surface area contributed by atoms with Crippen molar-refractivity contribution in [2.75, 3.05) is 19.6 Å². The predicted molar refractivity (Wildman–Crippen MR) is 108 cm³/mol. The highest BCUT2D eigenvalue weighted by atomic mass is 35.5. The van der Waals surface area contributed by atoms with Gasteiger partial charge in [0.15, 0.2) is 0 Å². The Kier molecular flexibility index (Phi) is 4.37. The van der Waals surface area contributed by atoms with Crippen LogP contribution in [0.25, 0.3) is 0 Å². The van der Waals surface area contributed by atoms with Gasteiger partial charge >= 0.3 is 5.97 Å². The summed E-state index contributed by atoms with van der Waals surface area (Å²) in [4.78, 5) is 13.7. The first-order valence-electron chi connectivity index (χ1n) is 10.0. The molecular formula is C23H23ClFNO3. The van der Waals surface area contributed by atoms with Crippen molar-refractivity contribution >= 4 is 17.6 Å². The molecule has 5 rings (SSSR count). The van der Waals surface area contributed by atoms with Gasteiger partial charge in [0, 0.05) is 30.6 Å². The van der Waals surface area contributed by atoms with Crippen LogP contribution in [0.3, 0.4) is 0 Å². The highest BCUT2D eigenvalue weighted by Crippen LogP contribution is 2.51. The standard InChI is InChI=1S/C23H23ClFNO3/c24-19-2-1-3-20(25)18(19)11-29-17-5-4-15-9-22(10-16(15)8-17)12-26(13-22)14-23(6-7-23)21(27)28/h1-5,8H,6-7,9-14H2,(H,27,28). The Morgan fingerprint density at radius 3 is 2.62 bits per heavy atom. The number of likely N-dealkylation sites (tertiary alicyclic amines) is 1. The first kappa shape index (κ1) is 18.9. The zero-order chi connectivity index (χ0) is 20.2. The van der Waals surface area contributed by atoms with Gasteiger partial charge in [-0.05, 0) is 61.1 Å². The van der Waals surface area contributed by atoms with E-state index in [1.165, 1.54) is 17.2 Å². The van der Waals surface area contributed by atoms with E-state index in [9.17, 15) is 14.3 Å². The molecule has 0 unspecified atom stereocenters. The van der Waals surface area contributed by atoms with Crippen LogP contribution in [-0.4, -0.2) is 35.6 Å². The Bertz CT molecular complexity index is 962. The van der Waals surface area contributed by atoms with Gasteiger partial charge in [-0.2, -0.15) is 0 Å². The zero-order valence-corrected chi connectivity index (χ0v) is 16.8. The van der Waals surface area contributed by atoms with Crippen LogP contribution in [0.5, 0.6) is 5.75 Å². The van der Waals surface area contributed by atoms with E-state index in [1.807, 2.05) is 6.07 Å². The van der Waals surface area contributed by atoms with Gasteiger partial charge in [0.2, 0.25) is 0 Å². The Balaban J connectivity index is 1.21. The number of fused-ring (bicyclic) bond motifs is 1. The van der Waals surface area contributed by atoms with Crippen LogP contribution < -0.4 is 4.74 Å². The van der Waals surface area contributed by atoms with Crippen molar-refractivity contribution in [3.8, 4) is 5.75 Å². The largest absolute Gasteiger partial charge is 0.489 e. The first-order valence-corrected chi connectivity index (χ1v) is 10.4. The van der Waals surface area contributed by atoms with Crippen LogP contribution in [0.2, 0.25) is 5.02 Å². The maximum atomic E-state index is 13.9. The number of carbonyl (C=O) groups is 1. The van der Waals surface area contributed by atoms with Crippen LogP contribution in [0.4, 0.5) is 4.39 Å². The summed E-state index contributed by atoms with van der Waals surface area (Å²) in [5, 5.41) is 9.77. The van der Waals surface area contributed by atoms with E-state index in [0.717, 1.165) is 44.5 Å². The molecule has 0 amide bonds. The number of benzene rings is 2. The molecule has 3 aliphatic rings. The van der Waals surface area contributed by atoms with Crippen molar-refractivity contribution in [2.45, 2.75) is 32.3 Å². The summed E-state index contributed by atoms with van der Waals surface area (Å²) in [6, 6.07) is 10.7. The lowest BCUT2D eigenvalue weighted by atomic mass is 9.76. The molecule has 0 atom stereocenters. The summed E-state index contributed by atoms with van der Waals surface area (Å²) in [6.45, 7) is 2.69. The summed E-state index contributed by atoms with van der Waals surface area (Å²) in [5.74, 6) is -0.286. The minimum absolute atomic E-state index is 0.0977. The molecule has 1 heterocycles. The number of halogens is 2. The molecule has 152 valence electrons. The Morgan fingerprint density at radius 2 is 1.93 bits per heavy atom. The molecule has 0 radical (unpaired) electrons. The number of nitrogens with zero attached hydrogens (tertiary/aromatic N) is 1. The maximum absolute atomic E-state index is 13.9. The number of carboxylic acid groups (broad SMARTS) is 1. The number of hydrogen-bond donors (Lipinski definition) is 1. The second-order valence-corrected chi connectivity index (χ2v) is 9.41. The first-order chi connectivity index (χ1) is 13.9. The normalized spacial score (nSPS) is 20.9. The quantitative estimate of drug-likeness (QED) is 0.763. The molecule has 2 aliphatic carbocycles. The predicted octanol–water partition coefficient (Wildman–Crippen LogP) is 4.32. The second kappa shape index (κ2) is 6.71. The number of hydrogen-bond acceptors (Lipinski definition) is 3. The van der Waals surface area contributed by atoms with Crippen molar-refractivity contribution in [1.82, 2.24) is 4.90 Å². The highest BCUT2D eigenvalue weighted by molar-refractivity contribution is 6.31. The van der Waals surface area contributed by atoms with Gasteiger partial charge in [-0.15, -0.1) is 0 Å². The molecule has 1 N–H and O–H groups in total. The molecule has 1 saturated heterocycles. The van der Waals surface area contributed by atoms with Gasteiger partial charge in [0.05, 0.1) is 10.4 Å². The molecule has 2 fully saturated rings. The van der Waals surface area contributed by atoms with Crippen LogP contribution in [0.15, 0.2) is 36.4 Å². The monoisotopic (exact) mass is 415 g/mol. The molecule has 0 bridgehead atoms. The van der Waals surface area contributed by atoms with E-state index < -0.39 is 11.4 Å². The van der Waals surface area contributed by atoms with E-state index >= 15 is 0 Å². The van der Waals surface area contributed by atoms with Crippen molar-refractivity contribution in [2.24, 2.45) is 10.8 Å². The van der Waals surface area contributed by atoms with Crippen molar-refractivity contribution in [3.05, 3.63) is 63.9 Å². The summed E-state index contributed by atoms with van der Waals surface area (Å²) >= 11 is 6.08. The molecular weight excluding hydrogens is 393 g/mol. The highest BCUT2D eigenvalue weighted by Gasteiger charge is 2.55. The van der Waals surface area contributed by atoms with Crippen LogP contribution in [0, 0.1) is 16.6 Å². The summed E-state index contributed by atoms with van der Waals surface area (Å²) in [5.41, 5.74) is 2.72. The summed E-state index contributed by atoms with van der Waals surface area (Å²) in [6.07, 6.45) is 3.62.